The zero-order chi connectivity index (χ0) is 12.4. The van der Waals surface area contributed by atoms with Gasteiger partial charge in [-0.15, -0.1) is 0 Å². The van der Waals surface area contributed by atoms with Crippen LogP contribution >= 0.6 is 27.5 Å². The number of nitrogens with one attached hydrogen (secondary N) is 1. The first-order valence-electron chi connectivity index (χ1n) is 5.00. The number of aryl methyl sites for hydroxylation is 1. The van der Waals surface area contributed by atoms with Gasteiger partial charge in [0, 0.05) is 21.4 Å². The monoisotopic (exact) mass is 311 g/mol. The molecule has 0 spiro atoms. The number of nitrogens with zero attached hydrogens (tertiary/aromatic N) is 1. The van der Waals surface area contributed by atoms with E-state index in [9.17, 15) is 0 Å². The first-order valence-corrected chi connectivity index (χ1v) is 6.17. The predicted molar refractivity (Wildman–Crippen MR) is 75.8 cm³/mol. The number of hydrogen-bond donors (Lipinski definition) is 2. The molecule has 3 nitrogen and oxygen atoms in total. The summed E-state index contributed by atoms with van der Waals surface area (Å²) in [5, 5.41) is 3.84. The molecule has 2 rings (SSSR count). The fourth-order valence-electron chi connectivity index (χ4n) is 1.42. The van der Waals surface area contributed by atoms with E-state index in [0.717, 1.165) is 15.7 Å². The van der Waals surface area contributed by atoms with E-state index in [4.69, 9.17) is 17.3 Å². The summed E-state index contributed by atoms with van der Waals surface area (Å²) in [5.41, 5.74) is 8.44. The highest BCUT2D eigenvalue weighted by atomic mass is 79.9. The quantitative estimate of drug-likeness (QED) is 0.876. The summed E-state index contributed by atoms with van der Waals surface area (Å²) in [7, 11) is 0. The molecule has 5 heteroatoms. The Morgan fingerprint density at radius 3 is 2.82 bits per heavy atom. The Morgan fingerprint density at radius 1 is 1.35 bits per heavy atom. The van der Waals surface area contributed by atoms with E-state index in [1.165, 1.54) is 0 Å². The van der Waals surface area contributed by atoms with Crippen LogP contribution in [0.15, 0.2) is 34.9 Å². The molecule has 2 aromatic rings. The zero-order valence-electron chi connectivity index (χ0n) is 9.17. The molecular formula is C12H11BrClN3. The van der Waals surface area contributed by atoms with Crippen LogP contribution in [0.4, 0.5) is 17.2 Å². The number of benzene rings is 1. The summed E-state index contributed by atoms with van der Waals surface area (Å²) in [4.78, 5) is 4.22. The molecule has 0 amide bonds. The van der Waals surface area contributed by atoms with E-state index in [1.807, 2.05) is 25.1 Å². The second-order valence-corrected chi connectivity index (χ2v) is 5.03. The Balaban J connectivity index is 2.34. The van der Waals surface area contributed by atoms with Crippen molar-refractivity contribution < 1.29 is 0 Å². The number of nitrogen functional groups attached to an aromatic ring is 1. The Bertz CT molecular complexity index is 557. The number of aromatic nitrogens is 1. The smallest absolute Gasteiger partial charge is 0.153 e. The summed E-state index contributed by atoms with van der Waals surface area (Å²) in [6, 6.07) is 7.44. The Kier molecular flexibility index (Phi) is 3.54. The van der Waals surface area contributed by atoms with Gasteiger partial charge >= 0.3 is 0 Å². The van der Waals surface area contributed by atoms with E-state index in [0.29, 0.717) is 16.5 Å². The molecule has 88 valence electrons. The molecular weight excluding hydrogens is 302 g/mol. The number of anilines is 3. The summed E-state index contributed by atoms with van der Waals surface area (Å²) in [6.07, 6.45) is 1.69. The maximum atomic E-state index is 5.95. The van der Waals surface area contributed by atoms with Crippen LogP contribution < -0.4 is 11.1 Å². The third kappa shape index (κ3) is 2.90. The van der Waals surface area contributed by atoms with Crippen molar-refractivity contribution in [2.24, 2.45) is 0 Å². The van der Waals surface area contributed by atoms with Crippen molar-refractivity contribution in [1.82, 2.24) is 4.98 Å². The molecule has 0 aliphatic carbocycles. The average molecular weight is 313 g/mol. The van der Waals surface area contributed by atoms with E-state index in [2.05, 4.69) is 26.2 Å². The maximum Gasteiger partial charge on any atom is 0.153 e. The summed E-state index contributed by atoms with van der Waals surface area (Å²) in [5.74, 6) is 0.624. The van der Waals surface area contributed by atoms with Crippen molar-refractivity contribution >= 4 is 44.7 Å². The van der Waals surface area contributed by atoms with Gasteiger partial charge in [0.25, 0.3) is 0 Å². The second kappa shape index (κ2) is 4.94. The highest BCUT2D eigenvalue weighted by Gasteiger charge is 2.04. The van der Waals surface area contributed by atoms with Gasteiger partial charge in [-0.05, 0) is 46.6 Å². The lowest BCUT2D eigenvalue weighted by atomic mass is 10.2. The van der Waals surface area contributed by atoms with Crippen LogP contribution in [0.5, 0.6) is 0 Å². The Labute approximate surface area is 113 Å². The number of hydrogen-bond acceptors (Lipinski definition) is 3. The predicted octanol–water partition coefficient (Wildman–Crippen LogP) is 4.13. The van der Waals surface area contributed by atoms with Gasteiger partial charge in [-0.2, -0.15) is 0 Å². The van der Waals surface area contributed by atoms with Gasteiger partial charge in [-0.25, -0.2) is 4.98 Å². The minimum Gasteiger partial charge on any atom is -0.396 e. The van der Waals surface area contributed by atoms with Crippen LogP contribution in [0.3, 0.4) is 0 Å². The molecule has 0 atom stereocenters. The molecule has 0 fully saturated rings. The Morgan fingerprint density at radius 2 is 2.12 bits per heavy atom. The molecule has 0 aliphatic rings. The van der Waals surface area contributed by atoms with Gasteiger partial charge < -0.3 is 11.1 Å². The van der Waals surface area contributed by atoms with E-state index >= 15 is 0 Å². The number of halogens is 2. The minimum absolute atomic E-state index is 0.582. The summed E-state index contributed by atoms with van der Waals surface area (Å²) in [6.45, 7) is 1.99. The number of rotatable bonds is 2. The van der Waals surface area contributed by atoms with E-state index in [1.54, 1.807) is 12.3 Å². The highest BCUT2D eigenvalue weighted by molar-refractivity contribution is 9.10. The van der Waals surface area contributed by atoms with Gasteiger partial charge in [0.05, 0.1) is 5.69 Å². The van der Waals surface area contributed by atoms with Crippen molar-refractivity contribution in [2.75, 3.05) is 11.1 Å². The molecule has 17 heavy (non-hydrogen) atoms. The van der Waals surface area contributed by atoms with Crippen LogP contribution in [-0.2, 0) is 0 Å². The van der Waals surface area contributed by atoms with Crippen molar-refractivity contribution in [3.05, 3.63) is 45.5 Å². The molecule has 1 aromatic carbocycles. The van der Waals surface area contributed by atoms with Gasteiger partial charge in [-0.1, -0.05) is 17.7 Å². The van der Waals surface area contributed by atoms with Crippen LogP contribution in [-0.4, -0.2) is 4.98 Å². The molecule has 1 aromatic heterocycles. The lowest BCUT2D eigenvalue weighted by molar-refractivity contribution is 1.29. The molecule has 0 radical (unpaired) electrons. The number of nitrogens with two attached hydrogens (primary N) is 1. The van der Waals surface area contributed by atoms with Crippen molar-refractivity contribution in [1.29, 1.82) is 0 Å². The molecule has 0 unspecified atom stereocenters. The first kappa shape index (κ1) is 12.2. The highest BCUT2D eigenvalue weighted by Crippen LogP contribution is 2.27. The summed E-state index contributed by atoms with van der Waals surface area (Å²) < 4.78 is 0.850. The average Bonchev–Trinajstić information content (AvgIpc) is 2.27. The zero-order valence-corrected chi connectivity index (χ0v) is 11.5. The third-order valence-corrected chi connectivity index (χ3v) is 3.01. The molecule has 1 heterocycles. The molecule has 3 N–H and O–H groups in total. The lowest BCUT2D eigenvalue weighted by Crippen LogP contribution is -2.00. The number of pyridine rings is 1. The normalized spacial score (nSPS) is 10.3. The largest absolute Gasteiger partial charge is 0.396 e. The first-order chi connectivity index (χ1) is 8.06. The van der Waals surface area contributed by atoms with Crippen LogP contribution in [0.2, 0.25) is 5.02 Å². The molecule has 0 bridgehead atoms. The fraction of sp³-hybridized carbons (Fsp3) is 0.0833. The minimum atomic E-state index is 0.582. The standard InChI is InChI=1S/C12H11BrClN3/c1-7-2-3-9(14)5-11(7)17-12-10(15)4-8(13)6-16-12/h2-6H,15H2,1H3,(H,16,17). The van der Waals surface area contributed by atoms with Gasteiger partial charge in [0.15, 0.2) is 5.82 Å². The van der Waals surface area contributed by atoms with Gasteiger partial charge in [-0.3, -0.25) is 0 Å². The molecule has 0 saturated heterocycles. The summed E-state index contributed by atoms with van der Waals surface area (Å²) >= 11 is 9.27. The van der Waals surface area contributed by atoms with Crippen molar-refractivity contribution in [3.8, 4) is 0 Å². The van der Waals surface area contributed by atoms with Crippen molar-refractivity contribution in [2.45, 2.75) is 6.92 Å². The van der Waals surface area contributed by atoms with Crippen LogP contribution in [0.1, 0.15) is 5.56 Å². The molecule has 0 saturated carbocycles. The SMILES string of the molecule is Cc1ccc(Cl)cc1Nc1ncc(Br)cc1N. The van der Waals surface area contributed by atoms with Crippen molar-refractivity contribution in [3.63, 3.8) is 0 Å². The van der Waals surface area contributed by atoms with Gasteiger partial charge in [0.2, 0.25) is 0 Å². The molecule has 0 aliphatic heterocycles. The van der Waals surface area contributed by atoms with Crippen LogP contribution in [0, 0.1) is 6.92 Å². The lowest BCUT2D eigenvalue weighted by Gasteiger charge is -2.11. The Hall–Kier alpha value is -1.26. The topological polar surface area (TPSA) is 50.9 Å². The fourth-order valence-corrected chi connectivity index (χ4v) is 1.94. The van der Waals surface area contributed by atoms with Gasteiger partial charge in [0.1, 0.15) is 0 Å². The maximum absolute atomic E-state index is 5.95. The van der Waals surface area contributed by atoms with Crippen LogP contribution in [0.25, 0.3) is 0 Å². The third-order valence-electron chi connectivity index (χ3n) is 2.34. The second-order valence-electron chi connectivity index (χ2n) is 3.68. The van der Waals surface area contributed by atoms with E-state index < -0.39 is 0 Å². The van der Waals surface area contributed by atoms with E-state index in [-0.39, 0.29) is 0 Å².